The summed E-state index contributed by atoms with van der Waals surface area (Å²) in [6.07, 6.45) is 1.60. The van der Waals surface area contributed by atoms with Crippen LogP contribution >= 0.6 is 0 Å². The van der Waals surface area contributed by atoms with Gasteiger partial charge in [0, 0.05) is 6.07 Å². The molecule has 7 heteroatoms. The quantitative estimate of drug-likeness (QED) is 0.782. The predicted molar refractivity (Wildman–Crippen MR) is 56.3 cm³/mol. The van der Waals surface area contributed by atoms with Gasteiger partial charge in [0.05, 0.1) is 25.5 Å². The molecular formula is C9H11N5O2. The highest BCUT2D eigenvalue weighted by atomic mass is 16.5. The van der Waals surface area contributed by atoms with Gasteiger partial charge in [-0.05, 0) is 6.07 Å². The second-order valence-corrected chi connectivity index (χ2v) is 2.92. The second kappa shape index (κ2) is 4.58. The number of anilines is 2. The molecule has 0 spiro atoms. The molecule has 0 amide bonds. The lowest BCUT2D eigenvalue weighted by atomic mass is 10.4. The third kappa shape index (κ3) is 2.26. The Kier molecular flexibility index (Phi) is 2.97. The lowest BCUT2D eigenvalue weighted by molar-refractivity contribution is 0.398. The molecule has 0 aromatic carbocycles. The van der Waals surface area contributed by atoms with Crippen molar-refractivity contribution in [2.75, 3.05) is 12.4 Å². The van der Waals surface area contributed by atoms with Gasteiger partial charge in [0.25, 0.3) is 0 Å². The van der Waals surface area contributed by atoms with Crippen LogP contribution in [0, 0.1) is 0 Å². The summed E-state index contributed by atoms with van der Waals surface area (Å²) in [5, 5.41) is 10.4. The molecule has 3 N–H and O–H groups in total. The largest absolute Gasteiger partial charge is 0.481 e. The number of ether oxygens (including phenoxy) is 1. The molecular weight excluding hydrogens is 210 g/mol. The Labute approximate surface area is 91.6 Å². The van der Waals surface area contributed by atoms with Crippen LogP contribution in [-0.2, 0) is 6.54 Å². The molecule has 0 fully saturated rings. The maximum absolute atomic E-state index is 5.34. The third-order valence-electron chi connectivity index (χ3n) is 1.84. The van der Waals surface area contributed by atoms with Gasteiger partial charge in [0.1, 0.15) is 0 Å². The fraction of sp³-hybridized carbons (Fsp3) is 0.222. The molecule has 0 radical (unpaired) electrons. The van der Waals surface area contributed by atoms with Gasteiger partial charge in [0.15, 0.2) is 0 Å². The van der Waals surface area contributed by atoms with Crippen LogP contribution in [0.3, 0.4) is 0 Å². The minimum Gasteiger partial charge on any atom is -0.481 e. The van der Waals surface area contributed by atoms with Crippen LogP contribution in [0.1, 0.15) is 5.89 Å². The normalized spacial score (nSPS) is 10.1. The van der Waals surface area contributed by atoms with E-state index in [9.17, 15) is 0 Å². The number of pyridine rings is 1. The Hall–Kier alpha value is -2.15. The van der Waals surface area contributed by atoms with Crippen molar-refractivity contribution in [1.82, 2.24) is 15.2 Å². The van der Waals surface area contributed by atoms with E-state index in [1.54, 1.807) is 25.4 Å². The minimum absolute atomic E-state index is 0.218. The summed E-state index contributed by atoms with van der Waals surface area (Å²) in [7, 11) is 1.56. The number of rotatable bonds is 4. The summed E-state index contributed by atoms with van der Waals surface area (Å²) >= 11 is 0. The second-order valence-electron chi connectivity index (χ2n) is 2.92. The third-order valence-corrected chi connectivity index (χ3v) is 1.84. The molecule has 0 atom stereocenters. The van der Waals surface area contributed by atoms with E-state index in [0.29, 0.717) is 11.8 Å². The van der Waals surface area contributed by atoms with Crippen LogP contribution in [0.25, 0.3) is 0 Å². The van der Waals surface area contributed by atoms with Gasteiger partial charge < -0.3 is 20.2 Å². The summed E-state index contributed by atoms with van der Waals surface area (Å²) in [4.78, 5) is 4.02. The van der Waals surface area contributed by atoms with Crippen LogP contribution in [0.15, 0.2) is 22.7 Å². The monoisotopic (exact) mass is 221 g/mol. The Morgan fingerprint density at radius 2 is 2.31 bits per heavy atom. The highest BCUT2D eigenvalue weighted by Gasteiger charge is 2.04. The van der Waals surface area contributed by atoms with Gasteiger partial charge >= 0.3 is 6.01 Å². The predicted octanol–water partition coefficient (Wildman–Crippen LogP) is 0.675. The van der Waals surface area contributed by atoms with Crippen LogP contribution in [0.4, 0.5) is 11.7 Å². The highest BCUT2D eigenvalue weighted by molar-refractivity contribution is 5.50. The van der Waals surface area contributed by atoms with E-state index in [1.165, 1.54) is 0 Å². The first-order valence-corrected chi connectivity index (χ1v) is 4.61. The van der Waals surface area contributed by atoms with E-state index in [4.69, 9.17) is 14.9 Å². The molecule has 0 unspecified atom stereocenters. The number of hydrogen-bond donors (Lipinski definition) is 2. The van der Waals surface area contributed by atoms with Crippen LogP contribution in [0.2, 0.25) is 0 Å². The summed E-state index contributed by atoms with van der Waals surface area (Å²) in [6, 6.07) is 3.80. The Bertz CT molecular complexity index is 453. The summed E-state index contributed by atoms with van der Waals surface area (Å²) in [6.45, 7) is 0.218. The highest BCUT2D eigenvalue weighted by Crippen LogP contribution is 2.16. The fourth-order valence-electron chi connectivity index (χ4n) is 1.09. The summed E-state index contributed by atoms with van der Waals surface area (Å²) in [5.74, 6) is 0.919. The topological polar surface area (TPSA) is 99.1 Å². The maximum Gasteiger partial charge on any atom is 0.320 e. The van der Waals surface area contributed by atoms with Crippen molar-refractivity contribution in [2.45, 2.75) is 6.54 Å². The number of nitrogens with one attached hydrogen (secondary N) is 1. The van der Waals surface area contributed by atoms with Gasteiger partial charge in [-0.25, -0.2) is 4.98 Å². The first kappa shape index (κ1) is 10.4. The van der Waals surface area contributed by atoms with Crippen molar-refractivity contribution in [3.8, 4) is 5.88 Å². The van der Waals surface area contributed by atoms with Crippen LogP contribution in [0.5, 0.6) is 5.88 Å². The van der Waals surface area contributed by atoms with Crippen LogP contribution < -0.4 is 15.8 Å². The first-order valence-electron chi connectivity index (χ1n) is 4.61. The number of nitrogens with two attached hydrogens (primary N) is 1. The molecule has 7 nitrogen and oxygen atoms in total. The lowest BCUT2D eigenvalue weighted by Crippen LogP contribution is -1.95. The van der Waals surface area contributed by atoms with Crippen molar-refractivity contribution in [1.29, 1.82) is 0 Å². The molecule has 0 saturated heterocycles. The Balaban J connectivity index is 2.08. The fourth-order valence-corrected chi connectivity index (χ4v) is 1.09. The standard InChI is InChI=1S/C9H11N5O2/c1-15-7-3-2-6(5-11-7)12-9-14-13-8(4-10)16-9/h2-3,5H,4,10H2,1H3,(H,12,14). The molecule has 0 bridgehead atoms. The SMILES string of the molecule is COc1ccc(Nc2nnc(CN)o2)cn1. The number of methoxy groups -OCH3 is 1. The van der Waals surface area contributed by atoms with Gasteiger partial charge in [-0.2, -0.15) is 0 Å². The zero-order valence-corrected chi connectivity index (χ0v) is 8.67. The zero-order chi connectivity index (χ0) is 11.4. The number of aromatic nitrogens is 3. The van der Waals surface area contributed by atoms with Gasteiger partial charge in [-0.1, -0.05) is 5.10 Å². The molecule has 2 rings (SSSR count). The number of hydrogen-bond acceptors (Lipinski definition) is 7. The zero-order valence-electron chi connectivity index (χ0n) is 8.67. The van der Waals surface area contributed by atoms with Crippen molar-refractivity contribution < 1.29 is 9.15 Å². The smallest absolute Gasteiger partial charge is 0.320 e. The van der Waals surface area contributed by atoms with E-state index in [1.807, 2.05) is 0 Å². The molecule has 0 saturated carbocycles. The average Bonchev–Trinajstić information content (AvgIpc) is 2.78. The van der Waals surface area contributed by atoms with E-state index >= 15 is 0 Å². The van der Waals surface area contributed by atoms with E-state index < -0.39 is 0 Å². The van der Waals surface area contributed by atoms with Crippen LogP contribution in [-0.4, -0.2) is 22.3 Å². The molecule has 84 valence electrons. The molecule has 16 heavy (non-hydrogen) atoms. The van der Waals surface area contributed by atoms with E-state index in [-0.39, 0.29) is 12.6 Å². The number of nitrogens with zero attached hydrogens (tertiary/aromatic N) is 3. The molecule has 2 aromatic heterocycles. The van der Waals surface area contributed by atoms with Crippen molar-refractivity contribution in [2.24, 2.45) is 5.73 Å². The first-order chi connectivity index (χ1) is 7.81. The lowest BCUT2D eigenvalue weighted by Gasteiger charge is -2.01. The average molecular weight is 221 g/mol. The maximum atomic E-state index is 5.34. The Morgan fingerprint density at radius 1 is 1.44 bits per heavy atom. The van der Waals surface area contributed by atoms with Gasteiger partial charge in [-0.15, -0.1) is 5.10 Å². The van der Waals surface area contributed by atoms with Crippen molar-refractivity contribution >= 4 is 11.7 Å². The molecule has 2 aromatic rings. The molecule has 0 aliphatic heterocycles. The van der Waals surface area contributed by atoms with E-state index in [0.717, 1.165) is 5.69 Å². The summed E-state index contributed by atoms with van der Waals surface area (Å²) in [5.41, 5.74) is 6.07. The summed E-state index contributed by atoms with van der Waals surface area (Å²) < 4.78 is 10.1. The van der Waals surface area contributed by atoms with E-state index in [2.05, 4.69) is 20.5 Å². The minimum atomic E-state index is 0.218. The molecule has 0 aliphatic carbocycles. The van der Waals surface area contributed by atoms with Crippen molar-refractivity contribution in [3.05, 3.63) is 24.2 Å². The molecule has 2 heterocycles. The Morgan fingerprint density at radius 3 is 2.88 bits per heavy atom. The molecule has 0 aliphatic rings. The van der Waals surface area contributed by atoms with Gasteiger partial charge in [0.2, 0.25) is 11.8 Å². The van der Waals surface area contributed by atoms with Crippen molar-refractivity contribution in [3.63, 3.8) is 0 Å². The van der Waals surface area contributed by atoms with Gasteiger partial charge in [-0.3, -0.25) is 0 Å².